The molecule has 1 atom stereocenters. The molecule has 208 valence electrons. The monoisotopic (exact) mass is 554 g/mol. The zero-order valence-corrected chi connectivity index (χ0v) is 24.0. The number of methoxy groups -OCH3 is 1. The van der Waals surface area contributed by atoms with Crippen molar-refractivity contribution < 1.29 is 23.9 Å². The lowest BCUT2D eigenvalue weighted by Crippen LogP contribution is -2.51. The second-order valence-corrected chi connectivity index (χ2v) is 12.6. The molecule has 0 aromatic carbocycles. The maximum Gasteiger partial charge on any atom is 0.408 e. The van der Waals surface area contributed by atoms with E-state index in [2.05, 4.69) is 27.4 Å². The largest absolute Gasteiger partial charge is 0.469 e. The molecule has 2 N–H and O–H groups in total. The molecule has 0 bridgehead atoms. The summed E-state index contributed by atoms with van der Waals surface area (Å²) in [4.78, 5) is 44.1. The molecule has 1 aromatic rings. The van der Waals surface area contributed by atoms with Gasteiger partial charge in [0.25, 0.3) is 0 Å². The highest BCUT2D eigenvalue weighted by Gasteiger charge is 2.34. The van der Waals surface area contributed by atoms with Gasteiger partial charge >= 0.3 is 18.1 Å². The van der Waals surface area contributed by atoms with Crippen molar-refractivity contribution in [3.05, 3.63) is 6.20 Å². The Balaban J connectivity index is 1.63. The Labute approximate surface area is 228 Å². The first-order valence-corrected chi connectivity index (χ1v) is 15.3. The first kappa shape index (κ1) is 29.5. The van der Waals surface area contributed by atoms with Crippen LogP contribution in [0, 0.1) is 5.92 Å². The number of hydrogen-bond acceptors (Lipinski definition) is 8. The van der Waals surface area contributed by atoms with Gasteiger partial charge in [-0.25, -0.2) is 14.6 Å². The minimum absolute atomic E-state index is 0.0147. The van der Waals surface area contributed by atoms with Gasteiger partial charge in [0.15, 0.2) is 5.13 Å². The van der Waals surface area contributed by atoms with Gasteiger partial charge in [-0.2, -0.15) is 0 Å². The Morgan fingerprint density at radius 1 is 1.14 bits per heavy atom. The number of urea groups is 1. The summed E-state index contributed by atoms with van der Waals surface area (Å²) in [5.41, 5.74) is 0. The van der Waals surface area contributed by atoms with Crippen LogP contribution in [0.2, 0.25) is 0 Å². The minimum Gasteiger partial charge on any atom is -0.469 e. The van der Waals surface area contributed by atoms with Gasteiger partial charge in [-0.05, 0) is 50.9 Å². The van der Waals surface area contributed by atoms with E-state index < -0.39 is 17.4 Å². The average Bonchev–Trinajstić information content (AvgIpc) is 3.32. The predicted octanol–water partition coefficient (Wildman–Crippen LogP) is 6.40. The van der Waals surface area contributed by atoms with Crippen LogP contribution in [0.4, 0.5) is 14.7 Å². The molecule has 1 aromatic heterocycles. The standard InChI is InChI=1S/C26H42N4O5S2/c1-4-5-15-35-26(33)28-21(16-22(31)34-3)36-23-17-27-24(37-23)29-25(32)30(19-9-7-6-8-10-19)20-13-11-18(2)12-14-20/h17-21H,4-16H2,1-3H3,(H,28,33)(H,27,29,32). The molecule has 1 heterocycles. The molecule has 11 heteroatoms. The molecule has 0 spiro atoms. The summed E-state index contributed by atoms with van der Waals surface area (Å²) in [5, 5.41) is 5.72. The first-order chi connectivity index (χ1) is 17.9. The van der Waals surface area contributed by atoms with Crippen LogP contribution in [-0.2, 0) is 14.3 Å². The lowest BCUT2D eigenvalue weighted by molar-refractivity contribution is -0.140. The van der Waals surface area contributed by atoms with Gasteiger partial charge in [-0.3, -0.25) is 10.1 Å². The highest BCUT2D eigenvalue weighted by molar-refractivity contribution is 8.01. The number of anilines is 1. The maximum atomic E-state index is 13.5. The van der Waals surface area contributed by atoms with Crippen LogP contribution < -0.4 is 10.6 Å². The molecule has 2 fully saturated rings. The summed E-state index contributed by atoms with van der Waals surface area (Å²) in [7, 11) is 1.31. The molecule has 0 saturated heterocycles. The van der Waals surface area contributed by atoms with Crippen LogP contribution >= 0.6 is 23.1 Å². The third-order valence-corrected chi connectivity index (χ3v) is 9.28. The number of rotatable bonds is 11. The molecule has 0 aliphatic heterocycles. The fraction of sp³-hybridized carbons (Fsp3) is 0.769. The third-order valence-electron chi connectivity index (χ3n) is 7.13. The number of ether oxygens (including phenoxy) is 2. The number of amides is 3. The Hall–Kier alpha value is -2.01. The fourth-order valence-corrected chi connectivity index (χ4v) is 7.10. The van der Waals surface area contributed by atoms with Crippen LogP contribution in [-0.4, -0.2) is 59.2 Å². The van der Waals surface area contributed by atoms with Crippen molar-refractivity contribution in [1.29, 1.82) is 0 Å². The number of unbranched alkanes of at least 4 members (excludes halogenated alkanes) is 1. The number of carbonyl (C=O) groups is 3. The number of nitrogens with zero attached hydrogens (tertiary/aromatic N) is 2. The highest BCUT2D eigenvalue weighted by atomic mass is 32.2. The molecule has 1 unspecified atom stereocenters. The Kier molecular flexibility index (Phi) is 12.3. The number of thiazole rings is 1. The van der Waals surface area contributed by atoms with Crippen LogP contribution in [0.25, 0.3) is 0 Å². The summed E-state index contributed by atoms with van der Waals surface area (Å²) in [6, 6.07) is 0.495. The highest BCUT2D eigenvalue weighted by Crippen LogP contribution is 2.35. The van der Waals surface area contributed by atoms with E-state index in [0.29, 0.717) is 11.7 Å². The van der Waals surface area contributed by atoms with E-state index in [0.717, 1.165) is 61.5 Å². The zero-order chi connectivity index (χ0) is 26.6. The van der Waals surface area contributed by atoms with Crippen LogP contribution in [0.15, 0.2) is 10.4 Å². The Bertz CT molecular complexity index is 869. The number of hydrogen-bond donors (Lipinski definition) is 2. The maximum absolute atomic E-state index is 13.5. The second-order valence-electron chi connectivity index (χ2n) is 10.0. The summed E-state index contributed by atoms with van der Waals surface area (Å²) in [5.74, 6) is 0.288. The smallest absolute Gasteiger partial charge is 0.408 e. The molecule has 2 saturated carbocycles. The predicted molar refractivity (Wildman–Crippen MR) is 147 cm³/mol. The molecular formula is C26H42N4O5S2. The van der Waals surface area contributed by atoms with Crippen molar-refractivity contribution >= 4 is 46.3 Å². The molecule has 2 aliphatic carbocycles. The van der Waals surface area contributed by atoms with E-state index in [1.165, 1.54) is 49.5 Å². The van der Waals surface area contributed by atoms with Gasteiger partial charge in [-0.15, -0.1) is 0 Å². The molecule has 2 aliphatic rings. The van der Waals surface area contributed by atoms with Gasteiger partial charge in [0.2, 0.25) is 0 Å². The number of carbonyl (C=O) groups excluding carboxylic acids is 3. The number of nitrogens with one attached hydrogen (secondary N) is 2. The molecule has 37 heavy (non-hydrogen) atoms. The quantitative estimate of drug-likeness (QED) is 0.141. The number of alkyl carbamates (subject to hydrolysis) is 1. The second kappa shape index (κ2) is 15.4. The Morgan fingerprint density at radius 3 is 2.51 bits per heavy atom. The normalized spacial score (nSPS) is 21.1. The van der Waals surface area contributed by atoms with Crippen LogP contribution in [0.1, 0.15) is 90.9 Å². The summed E-state index contributed by atoms with van der Waals surface area (Å²) in [6.45, 7) is 4.64. The van der Waals surface area contributed by atoms with Gasteiger partial charge in [0.05, 0.1) is 35.9 Å². The van der Waals surface area contributed by atoms with E-state index in [-0.39, 0.29) is 24.5 Å². The van der Waals surface area contributed by atoms with Crippen LogP contribution in [0.5, 0.6) is 0 Å². The van der Waals surface area contributed by atoms with Crippen molar-refractivity contribution in [1.82, 2.24) is 15.2 Å². The van der Waals surface area contributed by atoms with E-state index >= 15 is 0 Å². The first-order valence-electron chi connectivity index (χ1n) is 13.6. The molecule has 0 radical (unpaired) electrons. The third kappa shape index (κ3) is 9.67. The van der Waals surface area contributed by atoms with E-state index in [4.69, 9.17) is 9.47 Å². The number of thioether (sulfide) groups is 1. The molecule has 9 nitrogen and oxygen atoms in total. The van der Waals surface area contributed by atoms with Gasteiger partial charge < -0.3 is 19.7 Å². The lowest BCUT2D eigenvalue weighted by Gasteiger charge is -2.42. The van der Waals surface area contributed by atoms with Crippen LogP contribution in [0.3, 0.4) is 0 Å². The van der Waals surface area contributed by atoms with E-state index in [1.54, 1.807) is 6.20 Å². The van der Waals surface area contributed by atoms with Crippen molar-refractivity contribution in [2.75, 3.05) is 19.0 Å². The SMILES string of the molecule is CCCCOC(=O)NC(CC(=O)OC)Sc1cnc(NC(=O)N(C2CCCCC2)C2CCC(C)CC2)s1. The number of esters is 1. The summed E-state index contributed by atoms with van der Waals surface area (Å²) in [6.07, 6.45) is 12.9. The van der Waals surface area contributed by atoms with Crippen molar-refractivity contribution in [3.63, 3.8) is 0 Å². The topological polar surface area (TPSA) is 110 Å². The summed E-state index contributed by atoms with van der Waals surface area (Å²) < 4.78 is 10.7. The van der Waals surface area contributed by atoms with Gasteiger partial charge in [-0.1, -0.05) is 62.6 Å². The lowest BCUT2D eigenvalue weighted by atomic mass is 9.84. The van der Waals surface area contributed by atoms with Gasteiger partial charge in [0, 0.05) is 12.1 Å². The van der Waals surface area contributed by atoms with Crippen molar-refractivity contribution in [3.8, 4) is 0 Å². The minimum atomic E-state index is -0.575. The Morgan fingerprint density at radius 2 is 1.84 bits per heavy atom. The average molecular weight is 555 g/mol. The zero-order valence-electron chi connectivity index (χ0n) is 22.3. The van der Waals surface area contributed by atoms with E-state index in [1.807, 2.05) is 6.92 Å². The molecule has 3 amide bonds. The van der Waals surface area contributed by atoms with Crippen molar-refractivity contribution in [2.45, 2.75) is 113 Å². The van der Waals surface area contributed by atoms with E-state index in [9.17, 15) is 14.4 Å². The molecular weight excluding hydrogens is 512 g/mol. The molecule has 3 rings (SSSR count). The van der Waals surface area contributed by atoms with Gasteiger partial charge in [0.1, 0.15) is 0 Å². The van der Waals surface area contributed by atoms with Crippen molar-refractivity contribution in [2.24, 2.45) is 5.92 Å². The number of aromatic nitrogens is 1. The summed E-state index contributed by atoms with van der Waals surface area (Å²) >= 11 is 2.62. The fourth-order valence-electron chi connectivity index (χ4n) is 5.02.